The second-order valence-electron chi connectivity index (χ2n) is 2.94. The highest BCUT2D eigenvalue weighted by Gasteiger charge is 1.96. The molecule has 0 radical (unpaired) electrons. The Hall–Kier alpha value is -0.760. The van der Waals surface area contributed by atoms with Crippen LogP contribution in [0.4, 0.5) is 4.39 Å². The molecule has 0 aromatic heterocycles. The lowest BCUT2D eigenvalue weighted by atomic mass is 10.1. The summed E-state index contributed by atoms with van der Waals surface area (Å²) in [5, 5.41) is 0. The quantitative estimate of drug-likeness (QED) is 0.703. The summed E-state index contributed by atoms with van der Waals surface area (Å²) in [5.41, 5.74) is 1.59. The summed E-state index contributed by atoms with van der Waals surface area (Å²) in [6, 6.07) is 5.24. The van der Waals surface area contributed by atoms with Crippen molar-refractivity contribution in [1.82, 2.24) is 0 Å². The SMILES string of the molecule is Cc1ccc(C=CCCS)c(F)c1. The predicted octanol–water partition coefficient (Wildman–Crippen LogP) is 3.47. The van der Waals surface area contributed by atoms with Gasteiger partial charge in [0.15, 0.2) is 0 Å². The standard InChI is InChI=1S/C11H13FS/c1-9-5-6-10(11(12)8-9)4-2-3-7-13/h2,4-6,8,13H,3,7H2,1H3. The average molecular weight is 196 g/mol. The van der Waals surface area contributed by atoms with Crippen LogP contribution in [0, 0.1) is 12.7 Å². The van der Waals surface area contributed by atoms with E-state index >= 15 is 0 Å². The predicted molar refractivity (Wildman–Crippen MR) is 58.6 cm³/mol. The zero-order chi connectivity index (χ0) is 9.68. The number of thiol groups is 1. The van der Waals surface area contributed by atoms with Crippen molar-refractivity contribution in [2.75, 3.05) is 5.75 Å². The molecule has 0 nitrogen and oxygen atoms in total. The number of aryl methyl sites for hydroxylation is 1. The van der Waals surface area contributed by atoms with Crippen LogP contribution in [0.25, 0.3) is 6.08 Å². The lowest BCUT2D eigenvalue weighted by molar-refractivity contribution is 0.624. The Morgan fingerprint density at radius 1 is 1.46 bits per heavy atom. The Morgan fingerprint density at radius 2 is 2.23 bits per heavy atom. The van der Waals surface area contributed by atoms with Gasteiger partial charge in [-0.3, -0.25) is 0 Å². The monoisotopic (exact) mass is 196 g/mol. The van der Waals surface area contributed by atoms with E-state index in [0.29, 0.717) is 5.56 Å². The lowest BCUT2D eigenvalue weighted by Crippen LogP contribution is -1.83. The van der Waals surface area contributed by atoms with Crippen LogP contribution in [-0.2, 0) is 0 Å². The van der Waals surface area contributed by atoms with E-state index in [9.17, 15) is 4.39 Å². The van der Waals surface area contributed by atoms with E-state index in [4.69, 9.17) is 0 Å². The molecule has 0 N–H and O–H groups in total. The number of halogens is 1. The molecule has 13 heavy (non-hydrogen) atoms. The molecule has 1 rings (SSSR count). The minimum absolute atomic E-state index is 0.157. The zero-order valence-corrected chi connectivity index (χ0v) is 8.52. The molecule has 0 unspecified atom stereocenters. The Bertz CT molecular complexity index is 305. The third-order valence-corrected chi connectivity index (χ3v) is 2.01. The van der Waals surface area contributed by atoms with Crippen molar-refractivity contribution in [2.24, 2.45) is 0 Å². The molecule has 0 saturated heterocycles. The van der Waals surface area contributed by atoms with Gasteiger partial charge in [0.1, 0.15) is 5.82 Å². The van der Waals surface area contributed by atoms with Gasteiger partial charge in [0, 0.05) is 5.56 Å². The summed E-state index contributed by atoms with van der Waals surface area (Å²) in [4.78, 5) is 0. The van der Waals surface area contributed by atoms with E-state index in [1.54, 1.807) is 18.2 Å². The first-order chi connectivity index (χ1) is 6.24. The molecule has 0 aliphatic heterocycles. The highest BCUT2D eigenvalue weighted by Crippen LogP contribution is 2.11. The molecule has 0 bridgehead atoms. The topological polar surface area (TPSA) is 0 Å². The minimum Gasteiger partial charge on any atom is -0.206 e. The number of hydrogen-bond acceptors (Lipinski definition) is 1. The molecular weight excluding hydrogens is 183 g/mol. The van der Waals surface area contributed by atoms with Crippen molar-refractivity contribution in [3.63, 3.8) is 0 Å². The zero-order valence-electron chi connectivity index (χ0n) is 7.63. The Kier molecular flexibility index (Phi) is 4.03. The van der Waals surface area contributed by atoms with Gasteiger partial charge in [0.25, 0.3) is 0 Å². The largest absolute Gasteiger partial charge is 0.206 e. The number of rotatable bonds is 3. The Labute approximate surface area is 83.9 Å². The summed E-state index contributed by atoms with van der Waals surface area (Å²) in [7, 11) is 0. The highest BCUT2D eigenvalue weighted by atomic mass is 32.1. The van der Waals surface area contributed by atoms with Gasteiger partial charge < -0.3 is 0 Å². The van der Waals surface area contributed by atoms with Crippen molar-refractivity contribution in [1.29, 1.82) is 0 Å². The molecule has 70 valence electrons. The van der Waals surface area contributed by atoms with Gasteiger partial charge in [-0.05, 0) is 30.7 Å². The van der Waals surface area contributed by atoms with Crippen LogP contribution in [-0.4, -0.2) is 5.75 Å². The Balaban J connectivity index is 2.77. The molecule has 0 fully saturated rings. The Morgan fingerprint density at radius 3 is 2.85 bits per heavy atom. The van der Waals surface area contributed by atoms with Gasteiger partial charge in [-0.25, -0.2) is 4.39 Å². The number of allylic oxidation sites excluding steroid dienone is 1. The maximum absolute atomic E-state index is 13.2. The van der Waals surface area contributed by atoms with Crippen LogP contribution in [0.2, 0.25) is 0 Å². The van der Waals surface area contributed by atoms with Gasteiger partial charge in [0.05, 0.1) is 0 Å². The third-order valence-electron chi connectivity index (χ3n) is 1.75. The second kappa shape index (κ2) is 5.07. The summed E-state index contributed by atoms with van der Waals surface area (Å²) in [6.07, 6.45) is 4.60. The molecule has 1 aromatic rings. The van der Waals surface area contributed by atoms with Crippen molar-refractivity contribution in [3.8, 4) is 0 Å². The van der Waals surface area contributed by atoms with Gasteiger partial charge >= 0.3 is 0 Å². The maximum Gasteiger partial charge on any atom is 0.130 e. The summed E-state index contributed by atoms with van der Waals surface area (Å²) >= 11 is 4.06. The molecular formula is C11H13FS. The van der Waals surface area contributed by atoms with E-state index in [-0.39, 0.29) is 5.82 Å². The molecule has 1 aromatic carbocycles. The fraction of sp³-hybridized carbons (Fsp3) is 0.273. The van der Waals surface area contributed by atoms with Crippen LogP contribution in [0.15, 0.2) is 24.3 Å². The molecule has 0 saturated carbocycles. The number of hydrogen-bond donors (Lipinski definition) is 1. The lowest BCUT2D eigenvalue weighted by Gasteiger charge is -1.97. The fourth-order valence-electron chi connectivity index (χ4n) is 1.05. The van der Waals surface area contributed by atoms with E-state index < -0.39 is 0 Å². The molecule has 0 aliphatic carbocycles. The van der Waals surface area contributed by atoms with E-state index in [0.717, 1.165) is 17.7 Å². The summed E-state index contributed by atoms with van der Waals surface area (Å²) < 4.78 is 13.2. The van der Waals surface area contributed by atoms with Crippen LogP contribution >= 0.6 is 12.6 Å². The van der Waals surface area contributed by atoms with Crippen LogP contribution in [0.3, 0.4) is 0 Å². The van der Waals surface area contributed by atoms with E-state index in [1.165, 1.54) is 0 Å². The normalized spacial score (nSPS) is 11.0. The molecule has 0 spiro atoms. The van der Waals surface area contributed by atoms with Crippen LogP contribution in [0.1, 0.15) is 17.5 Å². The van der Waals surface area contributed by atoms with Crippen molar-refractivity contribution in [3.05, 3.63) is 41.2 Å². The van der Waals surface area contributed by atoms with Gasteiger partial charge in [0.2, 0.25) is 0 Å². The van der Waals surface area contributed by atoms with E-state index in [1.807, 2.05) is 19.1 Å². The van der Waals surface area contributed by atoms with E-state index in [2.05, 4.69) is 12.6 Å². The molecule has 0 aliphatic rings. The second-order valence-corrected chi connectivity index (χ2v) is 3.39. The van der Waals surface area contributed by atoms with Gasteiger partial charge in [-0.1, -0.05) is 24.3 Å². The molecule has 0 amide bonds. The van der Waals surface area contributed by atoms with Crippen LogP contribution < -0.4 is 0 Å². The first-order valence-corrected chi connectivity index (χ1v) is 4.91. The smallest absolute Gasteiger partial charge is 0.130 e. The summed E-state index contributed by atoms with van der Waals surface area (Å²) in [6.45, 7) is 1.88. The van der Waals surface area contributed by atoms with Crippen molar-refractivity contribution < 1.29 is 4.39 Å². The van der Waals surface area contributed by atoms with Gasteiger partial charge in [-0.2, -0.15) is 12.6 Å². The van der Waals surface area contributed by atoms with Crippen LogP contribution in [0.5, 0.6) is 0 Å². The maximum atomic E-state index is 13.2. The van der Waals surface area contributed by atoms with Gasteiger partial charge in [-0.15, -0.1) is 0 Å². The number of benzene rings is 1. The van der Waals surface area contributed by atoms with Crippen molar-refractivity contribution in [2.45, 2.75) is 13.3 Å². The third kappa shape index (κ3) is 3.23. The highest BCUT2D eigenvalue weighted by molar-refractivity contribution is 7.80. The average Bonchev–Trinajstić information content (AvgIpc) is 2.09. The first-order valence-electron chi connectivity index (χ1n) is 4.27. The first kappa shape index (κ1) is 10.3. The van der Waals surface area contributed by atoms with Crippen molar-refractivity contribution >= 4 is 18.7 Å². The molecule has 0 atom stereocenters. The minimum atomic E-state index is -0.157. The summed E-state index contributed by atoms with van der Waals surface area (Å²) in [5.74, 6) is 0.639. The molecule has 0 heterocycles. The molecule has 2 heteroatoms. The fourth-order valence-corrected chi connectivity index (χ4v) is 1.20.